The minimum absolute atomic E-state index is 0.0156. The summed E-state index contributed by atoms with van der Waals surface area (Å²) < 4.78 is 5.49. The van der Waals surface area contributed by atoms with Crippen LogP contribution in [0.15, 0.2) is 16.6 Å². The molecule has 2 aliphatic heterocycles. The molecule has 0 saturated carbocycles. The van der Waals surface area contributed by atoms with Gasteiger partial charge in [0.15, 0.2) is 0 Å². The van der Waals surface area contributed by atoms with Crippen LogP contribution in [-0.2, 0) is 4.74 Å². The largest absolute Gasteiger partial charge is 0.444 e. The first-order valence-corrected chi connectivity index (χ1v) is 7.88. The van der Waals surface area contributed by atoms with Crippen LogP contribution in [0.4, 0.5) is 4.79 Å². The van der Waals surface area contributed by atoms with Crippen LogP contribution in [-0.4, -0.2) is 41.4 Å². The van der Waals surface area contributed by atoms with Crippen LogP contribution >= 0.6 is 0 Å². The second-order valence-corrected chi connectivity index (χ2v) is 7.77. The van der Waals surface area contributed by atoms with Crippen molar-refractivity contribution in [2.45, 2.75) is 65.0 Å². The molecule has 4 heteroatoms. The van der Waals surface area contributed by atoms with Crippen LogP contribution in [0.3, 0.4) is 0 Å². The van der Waals surface area contributed by atoms with Crippen molar-refractivity contribution < 1.29 is 9.53 Å². The highest BCUT2D eigenvalue weighted by Crippen LogP contribution is 2.33. The summed E-state index contributed by atoms with van der Waals surface area (Å²) in [5.41, 5.74) is 0.976. The van der Waals surface area contributed by atoms with Gasteiger partial charge in [0.05, 0.1) is 5.54 Å². The van der Waals surface area contributed by atoms with Crippen LogP contribution in [0.25, 0.3) is 0 Å². The van der Waals surface area contributed by atoms with Crippen molar-refractivity contribution in [2.24, 2.45) is 10.9 Å². The minimum Gasteiger partial charge on any atom is -0.444 e. The second-order valence-electron chi connectivity index (χ2n) is 7.77. The van der Waals surface area contributed by atoms with Crippen molar-refractivity contribution >= 4 is 12.3 Å². The van der Waals surface area contributed by atoms with E-state index >= 15 is 0 Å². The molecule has 21 heavy (non-hydrogen) atoms. The number of rotatable bonds is 1. The zero-order valence-corrected chi connectivity index (χ0v) is 14.0. The number of ether oxygens (including phenoxy) is 1. The summed E-state index contributed by atoms with van der Waals surface area (Å²) in [6, 6.07) is 0. The van der Waals surface area contributed by atoms with E-state index in [9.17, 15) is 4.79 Å². The lowest BCUT2D eigenvalue weighted by Gasteiger charge is -2.37. The van der Waals surface area contributed by atoms with Gasteiger partial charge in [0.2, 0.25) is 0 Å². The quantitative estimate of drug-likeness (QED) is 0.737. The normalized spacial score (nSPS) is 25.5. The highest BCUT2D eigenvalue weighted by atomic mass is 16.6. The van der Waals surface area contributed by atoms with E-state index in [2.05, 4.69) is 24.9 Å². The van der Waals surface area contributed by atoms with Gasteiger partial charge in [-0.1, -0.05) is 5.57 Å². The molecule has 118 valence electrons. The van der Waals surface area contributed by atoms with E-state index in [1.807, 2.05) is 31.9 Å². The molecule has 2 aliphatic rings. The maximum atomic E-state index is 12.2. The third kappa shape index (κ3) is 4.58. The van der Waals surface area contributed by atoms with E-state index in [0.29, 0.717) is 5.92 Å². The third-order valence-corrected chi connectivity index (χ3v) is 3.95. The SMILES string of the molecule is CC1(C)CC(C2CCCN(C(=O)OC(C)(C)C)C2)=CC=N1. The lowest BCUT2D eigenvalue weighted by Crippen LogP contribution is -2.43. The summed E-state index contributed by atoms with van der Waals surface area (Å²) in [5.74, 6) is 0.442. The maximum absolute atomic E-state index is 12.2. The average Bonchev–Trinajstić information content (AvgIpc) is 2.36. The molecule has 1 unspecified atom stereocenters. The number of carbonyl (C=O) groups is 1. The van der Waals surface area contributed by atoms with Crippen LogP contribution < -0.4 is 0 Å². The summed E-state index contributed by atoms with van der Waals surface area (Å²) in [6.07, 6.45) is 7.04. The first-order valence-electron chi connectivity index (χ1n) is 7.88. The number of allylic oxidation sites excluding steroid dienone is 1. The molecule has 2 heterocycles. The Morgan fingerprint density at radius 2 is 2.14 bits per heavy atom. The molecule has 1 atom stereocenters. The molecule has 0 radical (unpaired) electrons. The molecular weight excluding hydrogens is 264 g/mol. The van der Waals surface area contributed by atoms with Gasteiger partial charge < -0.3 is 9.64 Å². The summed E-state index contributed by atoms with van der Waals surface area (Å²) in [4.78, 5) is 18.6. The number of hydrogen-bond donors (Lipinski definition) is 0. The molecule has 4 nitrogen and oxygen atoms in total. The fourth-order valence-electron chi connectivity index (χ4n) is 2.99. The van der Waals surface area contributed by atoms with Gasteiger partial charge in [-0.3, -0.25) is 4.99 Å². The fourth-order valence-corrected chi connectivity index (χ4v) is 2.99. The Kier molecular flexibility index (Phi) is 4.45. The van der Waals surface area contributed by atoms with E-state index in [1.165, 1.54) is 5.57 Å². The Bertz CT molecular complexity index is 458. The van der Waals surface area contributed by atoms with E-state index in [-0.39, 0.29) is 11.6 Å². The number of dihydropyridines is 1. The van der Waals surface area contributed by atoms with Crippen LogP contribution in [0.2, 0.25) is 0 Å². The molecule has 0 N–H and O–H groups in total. The number of nitrogens with zero attached hydrogens (tertiary/aromatic N) is 2. The second kappa shape index (κ2) is 5.82. The Balaban J connectivity index is 2.00. The van der Waals surface area contributed by atoms with Gasteiger partial charge >= 0.3 is 6.09 Å². The van der Waals surface area contributed by atoms with E-state index < -0.39 is 5.60 Å². The molecule has 1 saturated heterocycles. The highest BCUT2D eigenvalue weighted by Gasteiger charge is 2.31. The first kappa shape index (κ1) is 16.1. The molecule has 0 aliphatic carbocycles. The van der Waals surface area contributed by atoms with Gasteiger partial charge in [-0.15, -0.1) is 0 Å². The standard InChI is InChI=1S/C17H28N2O2/c1-16(2,3)21-15(20)19-10-6-7-14(12-19)13-8-9-18-17(4,5)11-13/h8-9,14H,6-7,10-12H2,1-5H3. The molecule has 1 amide bonds. The van der Waals surface area contributed by atoms with Crippen molar-refractivity contribution in [1.29, 1.82) is 0 Å². The number of aliphatic imine (C=N–C) groups is 1. The van der Waals surface area contributed by atoms with Gasteiger partial charge in [-0.25, -0.2) is 4.79 Å². The summed E-state index contributed by atoms with van der Waals surface area (Å²) in [7, 11) is 0. The van der Waals surface area contributed by atoms with Gasteiger partial charge in [-0.05, 0) is 65.9 Å². The van der Waals surface area contributed by atoms with Crippen molar-refractivity contribution in [3.8, 4) is 0 Å². The van der Waals surface area contributed by atoms with E-state index in [1.54, 1.807) is 0 Å². The minimum atomic E-state index is -0.428. The molecule has 1 fully saturated rings. The summed E-state index contributed by atoms with van der Waals surface area (Å²) >= 11 is 0. The Hall–Kier alpha value is -1.32. The van der Waals surface area contributed by atoms with Crippen LogP contribution in [0.5, 0.6) is 0 Å². The van der Waals surface area contributed by atoms with Crippen molar-refractivity contribution in [3.05, 3.63) is 11.6 Å². The Morgan fingerprint density at radius 3 is 2.76 bits per heavy atom. The summed E-state index contributed by atoms with van der Waals surface area (Å²) in [6.45, 7) is 11.6. The fraction of sp³-hybridized carbons (Fsp3) is 0.765. The molecule has 2 rings (SSSR count). The molecule has 0 bridgehead atoms. The van der Waals surface area contributed by atoms with Gasteiger partial charge in [-0.2, -0.15) is 0 Å². The first-order chi connectivity index (χ1) is 9.66. The topological polar surface area (TPSA) is 41.9 Å². The zero-order valence-electron chi connectivity index (χ0n) is 14.0. The maximum Gasteiger partial charge on any atom is 0.410 e. The number of piperidine rings is 1. The number of carbonyl (C=O) groups excluding carboxylic acids is 1. The van der Waals surface area contributed by atoms with Crippen molar-refractivity contribution in [1.82, 2.24) is 4.90 Å². The lowest BCUT2D eigenvalue weighted by atomic mass is 9.82. The highest BCUT2D eigenvalue weighted by molar-refractivity contribution is 5.74. The van der Waals surface area contributed by atoms with Gasteiger partial charge in [0.25, 0.3) is 0 Å². The predicted octanol–water partition coefficient (Wildman–Crippen LogP) is 3.81. The van der Waals surface area contributed by atoms with Crippen LogP contribution in [0, 0.1) is 5.92 Å². The molecule has 0 spiro atoms. The Labute approximate surface area is 128 Å². The van der Waals surface area contributed by atoms with Gasteiger partial charge in [0, 0.05) is 19.3 Å². The molecule has 0 aromatic heterocycles. The zero-order chi connectivity index (χ0) is 15.7. The molecular formula is C17H28N2O2. The Morgan fingerprint density at radius 1 is 1.43 bits per heavy atom. The third-order valence-electron chi connectivity index (χ3n) is 3.95. The molecule has 0 aromatic carbocycles. The van der Waals surface area contributed by atoms with E-state index in [4.69, 9.17) is 4.74 Å². The average molecular weight is 292 g/mol. The lowest BCUT2D eigenvalue weighted by molar-refractivity contribution is 0.0180. The van der Waals surface area contributed by atoms with Crippen molar-refractivity contribution in [2.75, 3.05) is 13.1 Å². The van der Waals surface area contributed by atoms with Crippen molar-refractivity contribution in [3.63, 3.8) is 0 Å². The van der Waals surface area contributed by atoms with Crippen LogP contribution in [0.1, 0.15) is 53.9 Å². The monoisotopic (exact) mass is 292 g/mol. The number of hydrogen-bond acceptors (Lipinski definition) is 3. The predicted molar refractivity (Wildman–Crippen MR) is 85.8 cm³/mol. The van der Waals surface area contributed by atoms with Gasteiger partial charge in [0.1, 0.15) is 5.60 Å². The van der Waals surface area contributed by atoms with E-state index in [0.717, 1.165) is 32.4 Å². The smallest absolute Gasteiger partial charge is 0.410 e. The number of amides is 1. The summed E-state index contributed by atoms with van der Waals surface area (Å²) in [5, 5.41) is 0. The number of likely N-dealkylation sites (tertiary alicyclic amines) is 1. The molecule has 0 aromatic rings.